The minimum Gasteiger partial charge on any atom is -0.492 e. The molecule has 7 rings (SSSR count). The monoisotopic (exact) mass is 719 g/mol. The third-order valence-corrected chi connectivity index (χ3v) is 8.65. The lowest BCUT2D eigenvalue weighted by molar-refractivity contribution is -0.131. The van der Waals surface area contributed by atoms with Crippen LogP contribution in [0.4, 0.5) is 0 Å². The van der Waals surface area contributed by atoms with Gasteiger partial charge in [0.1, 0.15) is 43.1 Å². The van der Waals surface area contributed by atoms with Gasteiger partial charge in [-0.2, -0.15) is 5.10 Å². The third kappa shape index (κ3) is 9.46. The molecular formula is C37H41N11O5. The number of ether oxygens (including phenoxy) is 1. The Balaban J connectivity index is 1.25. The average Bonchev–Trinajstić information content (AvgIpc) is 3.83. The first-order chi connectivity index (χ1) is 25.6. The van der Waals surface area contributed by atoms with E-state index >= 15 is 0 Å². The second kappa shape index (κ2) is 16.7. The van der Waals surface area contributed by atoms with Crippen molar-refractivity contribution in [2.24, 2.45) is 5.92 Å². The molecule has 0 radical (unpaired) electrons. The van der Waals surface area contributed by atoms with Gasteiger partial charge in [-0.1, -0.05) is 68.4 Å². The molecule has 4 amide bonds. The molecule has 4 heterocycles. The molecule has 0 saturated carbocycles. The van der Waals surface area contributed by atoms with E-state index in [-0.39, 0.29) is 37.9 Å². The van der Waals surface area contributed by atoms with E-state index in [1.807, 2.05) is 44.2 Å². The summed E-state index contributed by atoms with van der Waals surface area (Å²) >= 11 is 0. The molecule has 2 aliphatic heterocycles. The summed E-state index contributed by atoms with van der Waals surface area (Å²) in [6.07, 6.45) is 1.64. The fourth-order valence-corrected chi connectivity index (χ4v) is 5.82. The zero-order chi connectivity index (χ0) is 37.3. The maximum Gasteiger partial charge on any atom is 0.251 e. The van der Waals surface area contributed by atoms with E-state index in [1.54, 1.807) is 60.1 Å². The average molecular weight is 720 g/mol. The van der Waals surface area contributed by atoms with Crippen molar-refractivity contribution in [2.75, 3.05) is 13.2 Å². The zero-order valence-electron chi connectivity index (χ0n) is 29.6. The van der Waals surface area contributed by atoms with Crippen LogP contribution in [0.1, 0.15) is 54.1 Å². The summed E-state index contributed by atoms with van der Waals surface area (Å²) in [7, 11) is 0. The van der Waals surface area contributed by atoms with E-state index in [0.29, 0.717) is 29.5 Å². The molecule has 0 aliphatic carbocycles. The minimum absolute atomic E-state index is 0.138. The summed E-state index contributed by atoms with van der Waals surface area (Å²) in [5.41, 5.74) is 2.74. The molecule has 16 nitrogen and oxygen atoms in total. The standard InChI is InChI=1S/C37H41N11O5/c1-23(2)32-37(52)40-24(3)34-43-33(27-7-5-4-6-8-27)44-48(34)21-31(49)38-17-18-53-29-15-11-25(12-16-29)19-30(36(51)42-32)41-35(50)28-13-9-26(10-14-28)20-47-22-39-45-46-47/h4-16,22-24,30,32H,17-21H2,1-3H3,(H,38,49)(H,40,52)(H,41,50)(H,42,51)/t24-,30-,32+/m0/s1. The number of carbonyl (C=O) groups is 4. The summed E-state index contributed by atoms with van der Waals surface area (Å²) in [6, 6.07) is 20.7. The number of fused-ring (bicyclic) bond motifs is 14. The van der Waals surface area contributed by atoms with Gasteiger partial charge in [-0.15, -0.1) is 5.10 Å². The van der Waals surface area contributed by atoms with Gasteiger partial charge in [0.15, 0.2) is 5.82 Å². The number of aromatic nitrogens is 7. The Morgan fingerprint density at radius 3 is 2.42 bits per heavy atom. The van der Waals surface area contributed by atoms with Crippen LogP contribution < -0.4 is 26.0 Å². The fourth-order valence-electron chi connectivity index (χ4n) is 5.82. The molecule has 2 bridgehead atoms. The first-order valence-electron chi connectivity index (χ1n) is 17.3. The Kier molecular flexibility index (Phi) is 11.5. The van der Waals surface area contributed by atoms with Gasteiger partial charge in [0.2, 0.25) is 17.7 Å². The van der Waals surface area contributed by atoms with Gasteiger partial charge in [0, 0.05) is 17.5 Å². The van der Waals surface area contributed by atoms with Crippen LogP contribution in [0.5, 0.6) is 5.75 Å². The number of tetrazole rings is 1. The lowest BCUT2D eigenvalue weighted by atomic mass is 10.00. The molecule has 16 heteroatoms. The van der Waals surface area contributed by atoms with Crippen molar-refractivity contribution in [1.29, 1.82) is 0 Å². The van der Waals surface area contributed by atoms with Gasteiger partial charge in [0.05, 0.1) is 19.1 Å². The van der Waals surface area contributed by atoms with Crippen molar-refractivity contribution < 1.29 is 23.9 Å². The predicted molar refractivity (Wildman–Crippen MR) is 192 cm³/mol. The predicted octanol–water partition coefficient (Wildman–Crippen LogP) is 1.85. The van der Waals surface area contributed by atoms with E-state index in [9.17, 15) is 19.2 Å². The van der Waals surface area contributed by atoms with Gasteiger partial charge in [0.25, 0.3) is 5.91 Å². The molecule has 0 spiro atoms. The highest BCUT2D eigenvalue weighted by atomic mass is 16.5. The van der Waals surface area contributed by atoms with E-state index in [2.05, 4.69) is 41.9 Å². The van der Waals surface area contributed by atoms with Gasteiger partial charge >= 0.3 is 0 Å². The summed E-state index contributed by atoms with van der Waals surface area (Å²) in [4.78, 5) is 59.1. The number of benzene rings is 3. The van der Waals surface area contributed by atoms with E-state index in [0.717, 1.165) is 16.7 Å². The molecule has 3 aromatic carbocycles. The Hall–Kier alpha value is -6.45. The number of amides is 4. The van der Waals surface area contributed by atoms with Crippen LogP contribution in [0.15, 0.2) is 85.2 Å². The normalized spacial score (nSPS) is 18.6. The SMILES string of the molecule is CC(C)[C@H]1NC(=O)[C@@H](NC(=O)c2ccc(Cn3cnnn3)cc2)Cc2ccc(cc2)OCCNC(=O)Cn2nc(-c3ccccc3)nc2[C@H](C)NC1=O. The molecule has 0 fully saturated rings. The fraction of sp³-hybridized carbons (Fsp3) is 0.324. The van der Waals surface area contributed by atoms with Crippen molar-refractivity contribution in [3.8, 4) is 17.1 Å². The maximum absolute atomic E-state index is 14.0. The highest BCUT2D eigenvalue weighted by molar-refractivity contribution is 5.98. The summed E-state index contributed by atoms with van der Waals surface area (Å²) < 4.78 is 8.87. The Morgan fingerprint density at radius 1 is 0.962 bits per heavy atom. The van der Waals surface area contributed by atoms with Crippen molar-refractivity contribution >= 4 is 23.6 Å². The van der Waals surface area contributed by atoms with E-state index in [4.69, 9.17) is 9.72 Å². The quantitative estimate of drug-likeness (QED) is 0.201. The van der Waals surface area contributed by atoms with Crippen molar-refractivity contribution in [3.05, 3.63) is 108 Å². The van der Waals surface area contributed by atoms with Crippen molar-refractivity contribution in [3.63, 3.8) is 0 Å². The molecule has 0 saturated heterocycles. The largest absolute Gasteiger partial charge is 0.492 e. The highest BCUT2D eigenvalue weighted by Gasteiger charge is 2.31. The first-order valence-corrected chi connectivity index (χ1v) is 17.3. The molecule has 2 aliphatic rings. The number of hydrogen-bond donors (Lipinski definition) is 4. The van der Waals surface area contributed by atoms with E-state index in [1.165, 1.54) is 11.0 Å². The van der Waals surface area contributed by atoms with Crippen LogP contribution in [0.25, 0.3) is 11.4 Å². The first kappa shape index (κ1) is 36.3. The second-order valence-corrected chi connectivity index (χ2v) is 13.1. The van der Waals surface area contributed by atoms with Crippen molar-refractivity contribution in [1.82, 2.24) is 56.2 Å². The van der Waals surface area contributed by atoms with Crippen LogP contribution in [0, 0.1) is 5.92 Å². The molecule has 53 heavy (non-hydrogen) atoms. The van der Waals surface area contributed by atoms with Gasteiger partial charge in [-0.25, -0.2) is 14.3 Å². The summed E-state index contributed by atoms with van der Waals surface area (Å²) in [6.45, 7) is 6.11. The number of rotatable bonds is 6. The summed E-state index contributed by atoms with van der Waals surface area (Å²) in [5, 5.41) is 27.3. The minimum atomic E-state index is -1.03. The third-order valence-electron chi connectivity index (χ3n) is 8.65. The molecular weight excluding hydrogens is 678 g/mol. The smallest absolute Gasteiger partial charge is 0.251 e. The Bertz CT molecular complexity index is 2010. The second-order valence-electron chi connectivity index (χ2n) is 13.1. The topological polar surface area (TPSA) is 200 Å². The lowest BCUT2D eigenvalue weighted by Crippen LogP contribution is -2.56. The highest BCUT2D eigenvalue weighted by Crippen LogP contribution is 2.20. The Labute approximate surface area is 305 Å². The molecule has 4 N–H and O–H groups in total. The van der Waals surface area contributed by atoms with Crippen molar-refractivity contribution in [2.45, 2.75) is 58.4 Å². The molecule has 5 aromatic rings. The number of carbonyl (C=O) groups excluding carboxylic acids is 4. The van der Waals surface area contributed by atoms with Gasteiger partial charge in [-0.05, 0) is 58.7 Å². The summed E-state index contributed by atoms with van der Waals surface area (Å²) in [5.74, 6) is -0.744. The van der Waals surface area contributed by atoms with Crippen LogP contribution in [0.2, 0.25) is 0 Å². The maximum atomic E-state index is 14.0. The molecule has 3 atom stereocenters. The molecule has 274 valence electrons. The van der Waals surface area contributed by atoms with Crippen LogP contribution in [-0.2, 0) is 33.9 Å². The van der Waals surface area contributed by atoms with Crippen LogP contribution in [-0.4, -0.2) is 83.8 Å². The molecule has 2 aromatic heterocycles. The lowest BCUT2D eigenvalue weighted by Gasteiger charge is -2.27. The van der Waals surface area contributed by atoms with Crippen LogP contribution in [0.3, 0.4) is 0 Å². The Morgan fingerprint density at radius 2 is 1.72 bits per heavy atom. The van der Waals surface area contributed by atoms with Gasteiger partial charge < -0.3 is 26.0 Å². The number of nitrogens with zero attached hydrogens (tertiary/aromatic N) is 7. The number of nitrogens with one attached hydrogen (secondary N) is 4. The number of hydrogen-bond acceptors (Lipinski definition) is 10. The molecule has 0 unspecified atom stereocenters. The van der Waals surface area contributed by atoms with Gasteiger partial charge in [-0.3, -0.25) is 19.2 Å². The zero-order valence-corrected chi connectivity index (χ0v) is 29.6. The van der Waals surface area contributed by atoms with E-state index < -0.39 is 35.8 Å². The van der Waals surface area contributed by atoms with Crippen LogP contribution >= 0.6 is 0 Å².